The molecule has 1 N–H and O–H groups in total. The van der Waals surface area contributed by atoms with Gasteiger partial charge in [0.05, 0.1) is 17.1 Å². The van der Waals surface area contributed by atoms with Gasteiger partial charge in [0.15, 0.2) is 0 Å². The number of benzene rings is 3. The first-order chi connectivity index (χ1) is 18.1. The van der Waals surface area contributed by atoms with Gasteiger partial charge in [0.25, 0.3) is 0 Å². The third-order valence-corrected chi connectivity index (χ3v) is 6.68. The van der Waals surface area contributed by atoms with Crippen molar-refractivity contribution in [2.24, 2.45) is 5.92 Å². The van der Waals surface area contributed by atoms with Crippen molar-refractivity contribution in [1.29, 1.82) is 0 Å². The molecular weight excluding hydrogens is 471 g/mol. The van der Waals surface area contributed by atoms with Gasteiger partial charge in [-0.15, -0.1) is 0 Å². The number of H-pyrrole nitrogens is 1. The fraction of sp³-hybridized carbons (Fsp3) is 0.214. The summed E-state index contributed by atoms with van der Waals surface area (Å²) >= 11 is 0. The Labute approximate surface area is 212 Å². The van der Waals surface area contributed by atoms with Crippen LogP contribution >= 0.6 is 0 Å². The summed E-state index contributed by atoms with van der Waals surface area (Å²) < 4.78 is 20.6. The molecule has 186 valence electrons. The van der Waals surface area contributed by atoms with Crippen molar-refractivity contribution >= 4 is 16.9 Å². The Morgan fingerprint density at radius 2 is 1.86 bits per heavy atom. The van der Waals surface area contributed by atoms with Crippen LogP contribution < -0.4 is 4.74 Å². The number of likely N-dealkylation sites (tertiary alicyclic amines) is 1. The molecule has 6 rings (SSSR count). The van der Waals surface area contributed by atoms with Crippen molar-refractivity contribution in [2.75, 3.05) is 6.54 Å². The van der Waals surface area contributed by atoms with Gasteiger partial charge in [-0.05, 0) is 60.7 Å². The van der Waals surface area contributed by atoms with E-state index in [9.17, 15) is 9.18 Å². The second-order valence-corrected chi connectivity index (χ2v) is 9.30. The third-order valence-electron chi connectivity index (χ3n) is 6.68. The van der Waals surface area contributed by atoms with Crippen molar-refractivity contribution < 1.29 is 13.9 Å². The first-order valence-electron chi connectivity index (χ1n) is 12.2. The molecule has 9 heteroatoms. The first-order valence-corrected chi connectivity index (χ1v) is 12.2. The summed E-state index contributed by atoms with van der Waals surface area (Å²) in [7, 11) is 0. The first kappa shape index (κ1) is 22.9. The molecule has 0 spiro atoms. The summed E-state index contributed by atoms with van der Waals surface area (Å²) in [5, 5.41) is 4.10. The molecule has 0 aliphatic carbocycles. The van der Waals surface area contributed by atoms with Gasteiger partial charge in [-0.3, -0.25) is 4.79 Å². The molecule has 3 aromatic carbocycles. The van der Waals surface area contributed by atoms with Crippen LogP contribution in [-0.4, -0.2) is 42.1 Å². The van der Waals surface area contributed by atoms with E-state index in [4.69, 9.17) is 9.72 Å². The lowest BCUT2D eigenvalue weighted by Crippen LogP contribution is -2.34. The highest BCUT2D eigenvalue weighted by atomic mass is 19.1. The number of nitrogens with one attached hydrogen (secondary N) is 1. The Balaban J connectivity index is 1.26. The monoisotopic (exact) mass is 496 g/mol. The van der Waals surface area contributed by atoms with E-state index >= 15 is 0 Å². The number of carbonyl (C=O) groups is 1. The quantitative estimate of drug-likeness (QED) is 0.346. The highest BCUT2D eigenvalue weighted by molar-refractivity contribution is 5.79. The van der Waals surface area contributed by atoms with E-state index in [-0.39, 0.29) is 24.3 Å². The van der Waals surface area contributed by atoms with Crippen LogP contribution in [0.3, 0.4) is 0 Å². The van der Waals surface area contributed by atoms with Gasteiger partial charge in [0, 0.05) is 12.6 Å². The number of hydrogen-bond acceptors (Lipinski definition) is 5. The predicted molar refractivity (Wildman–Crippen MR) is 135 cm³/mol. The van der Waals surface area contributed by atoms with Gasteiger partial charge in [0.2, 0.25) is 5.91 Å². The zero-order chi connectivity index (χ0) is 25.2. The Morgan fingerprint density at radius 3 is 2.65 bits per heavy atom. The fourth-order valence-corrected chi connectivity index (χ4v) is 4.97. The minimum absolute atomic E-state index is 0.0214. The maximum Gasteiger partial charge on any atom is 0.245 e. The van der Waals surface area contributed by atoms with Crippen LogP contribution in [0.15, 0.2) is 85.5 Å². The normalized spacial score (nSPS) is 17.4. The topological polar surface area (TPSA) is 88.9 Å². The van der Waals surface area contributed by atoms with Crippen LogP contribution in [0.1, 0.15) is 23.9 Å². The van der Waals surface area contributed by atoms with Crippen LogP contribution in [0.2, 0.25) is 0 Å². The molecule has 3 heterocycles. The lowest BCUT2D eigenvalue weighted by atomic mass is 9.96. The van der Waals surface area contributed by atoms with E-state index < -0.39 is 0 Å². The summed E-state index contributed by atoms with van der Waals surface area (Å²) in [4.78, 5) is 27.5. The van der Waals surface area contributed by atoms with Gasteiger partial charge in [-0.2, -0.15) is 5.10 Å². The number of rotatable bonds is 7. The van der Waals surface area contributed by atoms with Crippen LogP contribution in [0, 0.1) is 11.7 Å². The molecule has 2 aromatic heterocycles. The summed E-state index contributed by atoms with van der Waals surface area (Å²) in [5.74, 6) is 1.87. The number of fused-ring (bicyclic) bond motifs is 1. The molecule has 8 nitrogen and oxygen atoms in total. The largest absolute Gasteiger partial charge is 0.457 e. The molecular formula is C28H25FN6O2. The summed E-state index contributed by atoms with van der Waals surface area (Å²) in [5.41, 5.74) is 2.85. The molecule has 1 saturated heterocycles. The molecule has 1 aliphatic heterocycles. The molecule has 2 atom stereocenters. The van der Waals surface area contributed by atoms with Crippen molar-refractivity contribution in [1.82, 2.24) is 29.6 Å². The van der Waals surface area contributed by atoms with Crippen LogP contribution in [0.4, 0.5) is 4.39 Å². The van der Waals surface area contributed by atoms with Gasteiger partial charge < -0.3 is 14.6 Å². The van der Waals surface area contributed by atoms with Crippen molar-refractivity contribution in [3.63, 3.8) is 0 Å². The standard InChI is InChI=1S/C28H25FN6O2/c29-21-6-8-22(9-7-21)37-23-10-11-24-25(14-23)33-28(32-24)26-13-20(12-19-4-2-1-3-5-19)15-35(26)27(36)16-34-18-30-17-31-34/h1-11,14,17-18,20,26H,12-13,15-16H2,(H,32,33). The molecule has 1 fully saturated rings. The van der Waals surface area contributed by atoms with E-state index in [2.05, 4.69) is 27.2 Å². The number of amides is 1. The van der Waals surface area contributed by atoms with Crippen LogP contribution in [-0.2, 0) is 17.8 Å². The van der Waals surface area contributed by atoms with Gasteiger partial charge in [0.1, 0.15) is 42.3 Å². The highest BCUT2D eigenvalue weighted by Crippen LogP contribution is 2.37. The van der Waals surface area contributed by atoms with Crippen molar-refractivity contribution in [2.45, 2.75) is 25.4 Å². The average molecular weight is 497 g/mol. The van der Waals surface area contributed by atoms with Gasteiger partial charge >= 0.3 is 0 Å². The lowest BCUT2D eigenvalue weighted by molar-refractivity contribution is -0.133. The molecule has 0 radical (unpaired) electrons. The van der Waals surface area contributed by atoms with E-state index in [1.807, 2.05) is 41.3 Å². The Hall–Kier alpha value is -4.53. The summed E-state index contributed by atoms with van der Waals surface area (Å²) in [6, 6.07) is 21.6. The van der Waals surface area contributed by atoms with Crippen molar-refractivity contribution in [3.05, 3.63) is 103 Å². The maximum absolute atomic E-state index is 13.3. The number of ether oxygens (including phenoxy) is 1. The maximum atomic E-state index is 13.3. The second kappa shape index (κ2) is 9.85. The molecule has 1 aliphatic rings. The molecule has 0 bridgehead atoms. The summed E-state index contributed by atoms with van der Waals surface area (Å²) in [6.45, 7) is 0.771. The van der Waals surface area contributed by atoms with Gasteiger partial charge in [-0.25, -0.2) is 19.0 Å². The minimum atomic E-state index is -0.314. The van der Waals surface area contributed by atoms with E-state index in [1.165, 1.54) is 24.0 Å². The number of imidazole rings is 1. The van der Waals surface area contributed by atoms with E-state index in [0.717, 1.165) is 29.7 Å². The smallest absolute Gasteiger partial charge is 0.245 e. The minimum Gasteiger partial charge on any atom is -0.457 e. The molecule has 37 heavy (non-hydrogen) atoms. The molecule has 0 saturated carbocycles. The van der Waals surface area contributed by atoms with E-state index in [0.29, 0.717) is 24.0 Å². The number of aromatic nitrogens is 5. The van der Waals surface area contributed by atoms with Gasteiger partial charge in [-0.1, -0.05) is 30.3 Å². The second-order valence-electron chi connectivity index (χ2n) is 9.30. The molecule has 1 amide bonds. The average Bonchev–Trinajstić information content (AvgIpc) is 3.66. The number of carbonyl (C=O) groups excluding carboxylic acids is 1. The highest BCUT2D eigenvalue weighted by Gasteiger charge is 2.38. The zero-order valence-electron chi connectivity index (χ0n) is 20.0. The number of halogens is 1. The number of aromatic amines is 1. The Morgan fingerprint density at radius 1 is 1.05 bits per heavy atom. The van der Waals surface area contributed by atoms with Crippen LogP contribution in [0.25, 0.3) is 11.0 Å². The van der Waals surface area contributed by atoms with Crippen molar-refractivity contribution in [3.8, 4) is 11.5 Å². The fourth-order valence-electron chi connectivity index (χ4n) is 4.97. The van der Waals surface area contributed by atoms with Crippen LogP contribution in [0.5, 0.6) is 11.5 Å². The zero-order valence-corrected chi connectivity index (χ0v) is 20.0. The third kappa shape index (κ3) is 5.06. The lowest BCUT2D eigenvalue weighted by Gasteiger charge is -2.23. The summed E-state index contributed by atoms with van der Waals surface area (Å²) in [6.07, 6.45) is 4.67. The number of hydrogen-bond donors (Lipinski definition) is 1. The predicted octanol–water partition coefficient (Wildman–Crippen LogP) is 4.92. The molecule has 2 unspecified atom stereocenters. The Bertz CT molecular complexity index is 1500. The van der Waals surface area contributed by atoms with E-state index in [1.54, 1.807) is 23.1 Å². The molecule has 5 aromatic rings. The Kier molecular flexibility index (Phi) is 6.10. The number of nitrogens with zero attached hydrogens (tertiary/aromatic N) is 5. The SMILES string of the molecule is O=C(Cn1cncn1)N1CC(Cc2ccccc2)CC1c1nc2ccc(Oc3ccc(F)cc3)cc2[nH]1.